The molecule has 0 saturated carbocycles. The highest BCUT2D eigenvalue weighted by molar-refractivity contribution is 6.01. The van der Waals surface area contributed by atoms with E-state index < -0.39 is 5.92 Å². The first-order valence-electron chi connectivity index (χ1n) is 9.65. The normalized spacial score (nSPS) is 19.4. The highest BCUT2D eigenvalue weighted by Crippen LogP contribution is 2.29. The summed E-state index contributed by atoms with van der Waals surface area (Å²) < 4.78 is 13.1. The van der Waals surface area contributed by atoms with Crippen molar-refractivity contribution in [2.45, 2.75) is 6.42 Å². The second kappa shape index (κ2) is 7.92. The zero-order chi connectivity index (χ0) is 20.4. The van der Waals surface area contributed by atoms with Crippen molar-refractivity contribution < 1.29 is 14.0 Å². The molecule has 148 valence electrons. The molecule has 0 bridgehead atoms. The highest BCUT2D eigenvalue weighted by Gasteiger charge is 2.38. The van der Waals surface area contributed by atoms with Crippen LogP contribution in [0, 0.1) is 23.1 Å². The maximum absolute atomic E-state index is 13.1. The van der Waals surface area contributed by atoms with E-state index in [9.17, 15) is 19.2 Å². The Labute approximate surface area is 168 Å². The first-order valence-corrected chi connectivity index (χ1v) is 9.65. The monoisotopic (exact) mass is 392 g/mol. The van der Waals surface area contributed by atoms with Crippen LogP contribution in [0.15, 0.2) is 48.5 Å². The van der Waals surface area contributed by atoms with Crippen LogP contribution in [0.3, 0.4) is 0 Å². The zero-order valence-electron chi connectivity index (χ0n) is 15.9. The second-order valence-electron chi connectivity index (χ2n) is 7.32. The molecule has 2 aromatic rings. The lowest BCUT2D eigenvalue weighted by atomic mass is 10.1. The molecule has 4 rings (SSSR count). The molecular weight excluding hydrogens is 371 g/mol. The fourth-order valence-corrected chi connectivity index (χ4v) is 4.00. The lowest BCUT2D eigenvalue weighted by Crippen LogP contribution is -2.50. The van der Waals surface area contributed by atoms with E-state index in [2.05, 4.69) is 11.0 Å². The molecule has 7 heteroatoms. The standard InChI is InChI=1S/C22H21FN4O2/c23-18-5-7-19(8-6-18)25-9-11-26(12-10-25)22(29)17-13-21(28)27(15-17)20-4-2-1-3-16(20)14-24/h1-8,17H,9-13,15H2. The smallest absolute Gasteiger partial charge is 0.228 e. The van der Waals surface area contributed by atoms with Crippen LogP contribution in [0.4, 0.5) is 15.8 Å². The number of anilines is 2. The lowest BCUT2D eigenvalue weighted by Gasteiger charge is -2.37. The number of rotatable bonds is 3. The number of carbonyl (C=O) groups excluding carboxylic acids is 2. The van der Waals surface area contributed by atoms with E-state index in [-0.39, 0.29) is 24.1 Å². The van der Waals surface area contributed by atoms with Crippen molar-refractivity contribution in [1.29, 1.82) is 5.26 Å². The number of hydrogen-bond donors (Lipinski definition) is 0. The number of carbonyl (C=O) groups is 2. The number of nitriles is 1. The van der Waals surface area contributed by atoms with Gasteiger partial charge in [0.1, 0.15) is 11.9 Å². The molecule has 2 amide bonds. The van der Waals surface area contributed by atoms with Gasteiger partial charge in [0.25, 0.3) is 0 Å². The van der Waals surface area contributed by atoms with E-state index in [1.54, 1.807) is 46.2 Å². The summed E-state index contributed by atoms with van der Waals surface area (Å²) in [5.74, 6) is -0.812. The lowest BCUT2D eigenvalue weighted by molar-refractivity contribution is -0.136. The molecule has 2 heterocycles. The first kappa shape index (κ1) is 18.9. The van der Waals surface area contributed by atoms with Crippen LogP contribution in [0.25, 0.3) is 0 Å². The molecule has 2 aliphatic rings. The maximum Gasteiger partial charge on any atom is 0.228 e. The Hall–Kier alpha value is -3.40. The minimum atomic E-state index is -0.397. The van der Waals surface area contributed by atoms with Crippen LogP contribution in [-0.4, -0.2) is 49.4 Å². The molecule has 2 fully saturated rings. The average Bonchev–Trinajstić information content (AvgIpc) is 3.15. The van der Waals surface area contributed by atoms with Crippen molar-refractivity contribution in [3.05, 3.63) is 59.9 Å². The molecule has 0 radical (unpaired) electrons. The van der Waals surface area contributed by atoms with E-state index in [4.69, 9.17) is 0 Å². The molecule has 6 nitrogen and oxygen atoms in total. The molecule has 0 aliphatic carbocycles. The summed E-state index contributed by atoms with van der Waals surface area (Å²) in [6.45, 7) is 2.76. The Kier molecular flexibility index (Phi) is 5.17. The molecular formula is C22H21FN4O2. The van der Waals surface area contributed by atoms with Gasteiger partial charge in [-0.1, -0.05) is 12.1 Å². The van der Waals surface area contributed by atoms with E-state index in [0.29, 0.717) is 44.0 Å². The zero-order valence-corrected chi connectivity index (χ0v) is 15.9. The molecule has 2 saturated heterocycles. The molecule has 0 N–H and O–H groups in total. The van der Waals surface area contributed by atoms with Gasteiger partial charge >= 0.3 is 0 Å². The third kappa shape index (κ3) is 3.79. The SMILES string of the molecule is N#Cc1ccccc1N1CC(C(=O)N2CCN(c3ccc(F)cc3)CC2)CC1=O. The van der Waals surface area contributed by atoms with Gasteiger partial charge in [-0.05, 0) is 36.4 Å². The van der Waals surface area contributed by atoms with Crippen molar-refractivity contribution >= 4 is 23.2 Å². The van der Waals surface area contributed by atoms with Crippen LogP contribution in [0.2, 0.25) is 0 Å². The number of piperazine rings is 1. The van der Waals surface area contributed by atoms with Gasteiger partial charge in [-0.15, -0.1) is 0 Å². The van der Waals surface area contributed by atoms with E-state index in [1.807, 2.05) is 0 Å². The van der Waals surface area contributed by atoms with Gasteiger partial charge in [0.05, 0.1) is 17.2 Å². The number of hydrogen-bond acceptors (Lipinski definition) is 4. The summed E-state index contributed by atoms with van der Waals surface area (Å²) in [7, 11) is 0. The Bertz CT molecular complexity index is 962. The molecule has 0 spiro atoms. The summed E-state index contributed by atoms with van der Waals surface area (Å²) >= 11 is 0. The second-order valence-corrected chi connectivity index (χ2v) is 7.32. The largest absolute Gasteiger partial charge is 0.368 e. The van der Waals surface area contributed by atoms with Crippen LogP contribution in [0.5, 0.6) is 0 Å². The Morgan fingerprint density at radius 3 is 2.41 bits per heavy atom. The molecule has 29 heavy (non-hydrogen) atoms. The van der Waals surface area contributed by atoms with Gasteiger partial charge < -0.3 is 14.7 Å². The fourth-order valence-electron chi connectivity index (χ4n) is 4.00. The predicted molar refractivity (Wildman–Crippen MR) is 107 cm³/mol. The Morgan fingerprint density at radius 2 is 1.72 bits per heavy atom. The number of nitrogens with zero attached hydrogens (tertiary/aromatic N) is 4. The summed E-state index contributed by atoms with van der Waals surface area (Å²) in [5.41, 5.74) is 1.94. The van der Waals surface area contributed by atoms with Gasteiger partial charge in [0, 0.05) is 44.8 Å². The summed E-state index contributed by atoms with van der Waals surface area (Å²) in [6.07, 6.45) is 0.163. The van der Waals surface area contributed by atoms with Crippen molar-refractivity contribution in [2.75, 3.05) is 42.5 Å². The van der Waals surface area contributed by atoms with Crippen molar-refractivity contribution in [3.8, 4) is 6.07 Å². The van der Waals surface area contributed by atoms with Gasteiger partial charge in [-0.2, -0.15) is 5.26 Å². The average molecular weight is 392 g/mol. The predicted octanol–water partition coefficient (Wildman–Crippen LogP) is 2.40. The van der Waals surface area contributed by atoms with Crippen LogP contribution >= 0.6 is 0 Å². The van der Waals surface area contributed by atoms with Gasteiger partial charge in [-0.25, -0.2) is 4.39 Å². The van der Waals surface area contributed by atoms with Gasteiger partial charge in [0.2, 0.25) is 11.8 Å². The maximum atomic E-state index is 13.1. The van der Waals surface area contributed by atoms with Crippen molar-refractivity contribution in [3.63, 3.8) is 0 Å². The summed E-state index contributed by atoms with van der Waals surface area (Å²) in [5, 5.41) is 9.29. The molecule has 2 aliphatic heterocycles. The molecule has 1 atom stereocenters. The summed E-state index contributed by atoms with van der Waals surface area (Å²) in [6, 6.07) is 15.4. The van der Waals surface area contributed by atoms with E-state index in [0.717, 1.165) is 5.69 Å². The number of amides is 2. The number of halogens is 1. The third-order valence-electron chi connectivity index (χ3n) is 5.57. The van der Waals surface area contributed by atoms with Crippen LogP contribution in [0.1, 0.15) is 12.0 Å². The highest BCUT2D eigenvalue weighted by atomic mass is 19.1. The minimum absolute atomic E-state index is 0.0194. The quantitative estimate of drug-likeness (QED) is 0.805. The van der Waals surface area contributed by atoms with Crippen LogP contribution < -0.4 is 9.80 Å². The van der Waals surface area contributed by atoms with E-state index in [1.165, 1.54) is 12.1 Å². The van der Waals surface area contributed by atoms with Crippen molar-refractivity contribution in [1.82, 2.24) is 4.90 Å². The molecule has 1 unspecified atom stereocenters. The number of benzene rings is 2. The fraction of sp³-hybridized carbons (Fsp3) is 0.318. The molecule has 0 aromatic heterocycles. The van der Waals surface area contributed by atoms with Gasteiger partial charge in [-0.3, -0.25) is 9.59 Å². The van der Waals surface area contributed by atoms with Crippen LogP contribution in [-0.2, 0) is 9.59 Å². The van der Waals surface area contributed by atoms with Gasteiger partial charge in [0.15, 0.2) is 0 Å². The first-order chi connectivity index (χ1) is 14.1. The topological polar surface area (TPSA) is 67.7 Å². The molecule has 2 aromatic carbocycles. The van der Waals surface area contributed by atoms with E-state index >= 15 is 0 Å². The number of para-hydroxylation sites is 1. The minimum Gasteiger partial charge on any atom is -0.368 e. The Balaban J connectivity index is 1.39. The summed E-state index contributed by atoms with van der Waals surface area (Å²) in [4.78, 5) is 31.0. The van der Waals surface area contributed by atoms with Crippen molar-refractivity contribution in [2.24, 2.45) is 5.92 Å². The Morgan fingerprint density at radius 1 is 1.03 bits per heavy atom. The third-order valence-corrected chi connectivity index (χ3v) is 5.57.